The third kappa shape index (κ3) is 5.58. The maximum Gasteiger partial charge on any atom is 0.270 e. The standard InChI is InChI=1S/C12H19N3O4S.ClH/c1-4-9-5-6-10(15(16)17)7-11(9)20(18,19)14-8-12(2,3)13;/h5-7,14H,4,8,13H2,1-3H3;1H. The Morgan fingerprint density at radius 2 is 1.95 bits per heavy atom. The fourth-order valence-corrected chi connectivity index (χ4v) is 3.11. The number of nitrogens with zero attached hydrogens (tertiary/aromatic N) is 1. The number of nitrogens with one attached hydrogen (secondary N) is 1. The molecule has 0 amide bonds. The van der Waals surface area contributed by atoms with Crippen LogP contribution in [0.15, 0.2) is 23.1 Å². The number of nitrogens with two attached hydrogens (primary N) is 1. The van der Waals surface area contributed by atoms with E-state index in [0.717, 1.165) is 6.07 Å². The molecule has 0 saturated carbocycles. The zero-order valence-electron chi connectivity index (χ0n) is 12.1. The van der Waals surface area contributed by atoms with E-state index in [1.165, 1.54) is 12.1 Å². The minimum absolute atomic E-state index is 0. The smallest absolute Gasteiger partial charge is 0.270 e. The molecule has 0 bridgehead atoms. The van der Waals surface area contributed by atoms with Crippen molar-refractivity contribution in [1.82, 2.24) is 4.72 Å². The molecule has 0 spiro atoms. The van der Waals surface area contributed by atoms with Gasteiger partial charge < -0.3 is 5.73 Å². The van der Waals surface area contributed by atoms with Gasteiger partial charge in [0.1, 0.15) is 0 Å². The topological polar surface area (TPSA) is 115 Å². The van der Waals surface area contributed by atoms with Crippen molar-refractivity contribution < 1.29 is 13.3 Å². The third-order valence-electron chi connectivity index (χ3n) is 2.65. The van der Waals surface area contributed by atoms with Crippen LogP contribution in [-0.2, 0) is 16.4 Å². The van der Waals surface area contributed by atoms with E-state index in [4.69, 9.17) is 5.73 Å². The van der Waals surface area contributed by atoms with Crippen molar-refractivity contribution in [3.8, 4) is 0 Å². The maximum absolute atomic E-state index is 12.2. The Morgan fingerprint density at radius 1 is 1.38 bits per heavy atom. The van der Waals surface area contributed by atoms with Crippen LogP contribution < -0.4 is 10.5 Å². The van der Waals surface area contributed by atoms with Crippen molar-refractivity contribution in [3.63, 3.8) is 0 Å². The van der Waals surface area contributed by atoms with E-state index in [-0.39, 0.29) is 29.5 Å². The molecule has 0 fully saturated rings. The summed E-state index contributed by atoms with van der Waals surface area (Å²) in [6, 6.07) is 3.83. The number of benzene rings is 1. The van der Waals surface area contributed by atoms with Crippen LogP contribution in [-0.4, -0.2) is 25.4 Å². The number of hydrogen-bond donors (Lipinski definition) is 2. The summed E-state index contributed by atoms with van der Waals surface area (Å²) >= 11 is 0. The van der Waals surface area contributed by atoms with Crippen molar-refractivity contribution in [2.45, 2.75) is 37.6 Å². The van der Waals surface area contributed by atoms with Crippen LogP contribution in [0.4, 0.5) is 5.69 Å². The molecule has 0 unspecified atom stereocenters. The first kappa shape index (κ1) is 19.8. The van der Waals surface area contributed by atoms with Gasteiger partial charge in [-0.1, -0.05) is 13.0 Å². The molecule has 1 aromatic rings. The fourth-order valence-electron chi connectivity index (χ4n) is 1.56. The minimum atomic E-state index is -3.83. The molecule has 0 aliphatic rings. The molecular formula is C12H20ClN3O4S. The Hall–Kier alpha value is -1.22. The molecule has 1 aromatic carbocycles. The first-order valence-corrected chi connectivity index (χ1v) is 7.61. The van der Waals surface area contributed by atoms with Crippen LogP contribution in [0.2, 0.25) is 0 Å². The van der Waals surface area contributed by atoms with Gasteiger partial charge in [-0.3, -0.25) is 10.1 Å². The summed E-state index contributed by atoms with van der Waals surface area (Å²) in [5.41, 5.74) is 5.30. The van der Waals surface area contributed by atoms with E-state index >= 15 is 0 Å². The lowest BCUT2D eigenvalue weighted by Gasteiger charge is -2.19. The molecule has 0 heterocycles. The second-order valence-corrected chi connectivity index (χ2v) is 6.95. The quantitative estimate of drug-likeness (QED) is 0.604. The van der Waals surface area contributed by atoms with Crippen LogP contribution >= 0.6 is 12.4 Å². The molecule has 0 atom stereocenters. The van der Waals surface area contributed by atoms with Crippen LogP contribution in [0.5, 0.6) is 0 Å². The molecule has 0 saturated heterocycles. The summed E-state index contributed by atoms with van der Waals surface area (Å²) in [6.45, 7) is 5.20. The van der Waals surface area contributed by atoms with E-state index in [9.17, 15) is 18.5 Å². The van der Waals surface area contributed by atoms with E-state index in [0.29, 0.717) is 12.0 Å². The second-order valence-electron chi connectivity index (χ2n) is 5.22. The molecule has 3 N–H and O–H groups in total. The third-order valence-corrected chi connectivity index (χ3v) is 4.13. The number of non-ortho nitro benzene ring substituents is 1. The predicted molar refractivity (Wildman–Crippen MR) is 83.2 cm³/mol. The van der Waals surface area contributed by atoms with Gasteiger partial charge in [-0.25, -0.2) is 13.1 Å². The molecule has 9 heteroatoms. The van der Waals surface area contributed by atoms with Crippen molar-refractivity contribution in [3.05, 3.63) is 33.9 Å². The molecule has 7 nitrogen and oxygen atoms in total. The summed E-state index contributed by atoms with van der Waals surface area (Å²) < 4.78 is 26.9. The minimum Gasteiger partial charge on any atom is -0.324 e. The highest BCUT2D eigenvalue weighted by Crippen LogP contribution is 2.22. The fraction of sp³-hybridized carbons (Fsp3) is 0.500. The van der Waals surface area contributed by atoms with Gasteiger partial charge in [-0.15, -0.1) is 12.4 Å². The Morgan fingerprint density at radius 3 is 2.38 bits per heavy atom. The SMILES string of the molecule is CCc1ccc([N+](=O)[O-])cc1S(=O)(=O)NCC(C)(C)N.Cl. The van der Waals surface area contributed by atoms with Gasteiger partial charge in [0, 0.05) is 24.2 Å². The number of halogens is 1. The predicted octanol–water partition coefficient (Wildman–Crippen LogP) is 1.59. The van der Waals surface area contributed by atoms with Gasteiger partial charge in [0.25, 0.3) is 5.69 Å². The largest absolute Gasteiger partial charge is 0.324 e. The Labute approximate surface area is 130 Å². The van der Waals surface area contributed by atoms with Gasteiger partial charge in [0.05, 0.1) is 9.82 Å². The van der Waals surface area contributed by atoms with Gasteiger partial charge in [-0.2, -0.15) is 0 Å². The molecule has 120 valence electrons. The number of hydrogen-bond acceptors (Lipinski definition) is 5. The van der Waals surface area contributed by atoms with E-state index in [1.807, 2.05) is 0 Å². The average molecular weight is 338 g/mol. The number of nitro benzene ring substituents is 1. The average Bonchev–Trinajstić information content (AvgIpc) is 2.35. The Kier molecular flexibility index (Phi) is 6.75. The summed E-state index contributed by atoms with van der Waals surface area (Å²) in [7, 11) is -3.83. The zero-order valence-corrected chi connectivity index (χ0v) is 13.8. The zero-order chi connectivity index (χ0) is 15.6. The van der Waals surface area contributed by atoms with Crippen LogP contribution in [0.25, 0.3) is 0 Å². The van der Waals surface area contributed by atoms with Crippen molar-refractivity contribution in [2.75, 3.05) is 6.54 Å². The molecule has 1 rings (SSSR count). The molecule has 0 aliphatic carbocycles. The lowest BCUT2D eigenvalue weighted by molar-refractivity contribution is -0.385. The number of aryl methyl sites for hydroxylation is 1. The maximum atomic E-state index is 12.2. The van der Waals surface area contributed by atoms with Crippen molar-refractivity contribution >= 4 is 28.1 Å². The highest BCUT2D eigenvalue weighted by Gasteiger charge is 2.23. The van der Waals surface area contributed by atoms with Crippen LogP contribution in [0.1, 0.15) is 26.3 Å². The summed E-state index contributed by atoms with van der Waals surface area (Å²) in [5.74, 6) is 0. The first-order valence-electron chi connectivity index (χ1n) is 6.12. The number of sulfonamides is 1. The molecule has 0 radical (unpaired) electrons. The van der Waals surface area contributed by atoms with Gasteiger partial charge >= 0.3 is 0 Å². The lowest BCUT2D eigenvalue weighted by Crippen LogP contribution is -2.45. The lowest BCUT2D eigenvalue weighted by atomic mass is 10.1. The van der Waals surface area contributed by atoms with Gasteiger partial charge in [0.2, 0.25) is 10.0 Å². The Bertz CT molecular complexity index is 611. The summed E-state index contributed by atoms with van der Waals surface area (Å²) in [6.07, 6.45) is 0.459. The Balaban J connectivity index is 0.00000400. The van der Waals surface area contributed by atoms with Gasteiger partial charge in [-0.05, 0) is 25.8 Å². The van der Waals surface area contributed by atoms with E-state index < -0.39 is 20.5 Å². The second kappa shape index (κ2) is 7.17. The summed E-state index contributed by atoms with van der Waals surface area (Å²) in [5, 5.41) is 10.8. The van der Waals surface area contributed by atoms with E-state index in [1.54, 1.807) is 20.8 Å². The molecular weight excluding hydrogens is 318 g/mol. The van der Waals surface area contributed by atoms with Crippen molar-refractivity contribution in [1.29, 1.82) is 0 Å². The van der Waals surface area contributed by atoms with Gasteiger partial charge in [0.15, 0.2) is 0 Å². The molecule has 21 heavy (non-hydrogen) atoms. The summed E-state index contributed by atoms with van der Waals surface area (Å²) in [4.78, 5) is 10.1. The number of rotatable bonds is 6. The molecule has 0 aromatic heterocycles. The molecule has 0 aliphatic heterocycles. The highest BCUT2D eigenvalue weighted by molar-refractivity contribution is 7.89. The monoisotopic (exact) mass is 337 g/mol. The highest BCUT2D eigenvalue weighted by atomic mass is 35.5. The normalized spacial score (nSPS) is 11.8. The van der Waals surface area contributed by atoms with E-state index in [2.05, 4.69) is 4.72 Å². The first-order chi connectivity index (χ1) is 9.07. The van der Waals surface area contributed by atoms with Crippen molar-refractivity contribution in [2.24, 2.45) is 5.73 Å². The van der Waals surface area contributed by atoms with Crippen LogP contribution in [0, 0.1) is 10.1 Å². The van der Waals surface area contributed by atoms with Crippen LogP contribution in [0.3, 0.4) is 0 Å². The number of nitro groups is 1.